The van der Waals surface area contributed by atoms with Crippen LogP contribution in [0.4, 0.5) is 5.69 Å². The van der Waals surface area contributed by atoms with Gasteiger partial charge in [-0.15, -0.1) is 11.3 Å². The average molecular weight is 286 g/mol. The smallest absolute Gasteiger partial charge is 0.325 e. The Kier molecular flexibility index (Phi) is 4.38. The predicted octanol–water partition coefficient (Wildman–Crippen LogP) is 3.18. The Morgan fingerprint density at radius 2 is 2.20 bits per heavy atom. The monoisotopic (exact) mass is 286 g/mol. The molecule has 0 unspecified atom stereocenters. The van der Waals surface area contributed by atoms with Crippen molar-refractivity contribution in [3.05, 3.63) is 40.8 Å². The minimum atomic E-state index is -0.308. The number of ether oxygens (including phenoxy) is 1. The topological polar surface area (TPSA) is 62.1 Å². The lowest BCUT2D eigenvalue weighted by molar-refractivity contribution is -0.138. The van der Waals surface area contributed by atoms with Gasteiger partial charge in [-0.2, -0.15) is 5.26 Å². The Balaban J connectivity index is 2.24. The van der Waals surface area contributed by atoms with Gasteiger partial charge < -0.3 is 10.1 Å². The molecule has 0 bridgehead atoms. The van der Waals surface area contributed by atoms with Gasteiger partial charge in [0.2, 0.25) is 0 Å². The standard InChI is InChI=1S/C15H14N2O2S/c1-10-3-4-11(14-6-5-12(8-16)20-14)7-13(10)17-9-15(18)19-2/h3-7,17H,9H2,1-2H3. The zero-order chi connectivity index (χ0) is 14.5. The maximum atomic E-state index is 11.2. The molecule has 102 valence electrons. The number of thiophene rings is 1. The number of methoxy groups -OCH3 is 1. The molecular formula is C15H14N2O2S. The number of benzene rings is 1. The van der Waals surface area contributed by atoms with E-state index in [1.54, 1.807) is 6.07 Å². The highest BCUT2D eigenvalue weighted by Crippen LogP contribution is 2.30. The predicted molar refractivity (Wildman–Crippen MR) is 79.7 cm³/mol. The van der Waals surface area contributed by atoms with Gasteiger partial charge in [0.25, 0.3) is 0 Å². The molecule has 0 amide bonds. The summed E-state index contributed by atoms with van der Waals surface area (Å²) in [4.78, 5) is 12.9. The third kappa shape index (κ3) is 3.16. The Labute approximate surface area is 121 Å². The average Bonchev–Trinajstić information content (AvgIpc) is 2.95. The van der Waals surface area contributed by atoms with Crippen LogP contribution in [-0.2, 0) is 9.53 Å². The van der Waals surface area contributed by atoms with Gasteiger partial charge in [-0.3, -0.25) is 4.79 Å². The molecule has 2 rings (SSSR count). The van der Waals surface area contributed by atoms with Crippen LogP contribution in [0.5, 0.6) is 0 Å². The second-order valence-corrected chi connectivity index (χ2v) is 5.32. The van der Waals surface area contributed by atoms with E-state index in [1.807, 2.05) is 31.2 Å². The van der Waals surface area contributed by atoms with Gasteiger partial charge in [0.05, 0.1) is 7.11 Å². The number of anilines is 1. The summed E-state index contributed by atoms with van der Waals surface area (Å²) in [5, 5.41) is 11.9. The lowest BCUT2D eigenvalue weighted by atomic mass is 10.1. The van der Waals surface area contributed by atoms with Crippen LogP contribution in [0.2, 0.25) is 0 Å². The molecule has 0 spiro atoms. The van der Waals surface area contributed by atoms with E-state index in [0.29, 0.717) is 4.88 Å². The first-order valence-corrected chi connectivity index (χ1v) is 6.87. The zero-order valence-electron chi connectivity index (χ0n) is 11.3. The molecule has 0 saturated heterocycles. The number of aryl methyl sites for hydroxylation is 1. The summed E-state index contributed by atoms with van der Waals surface area (Å²) in [5.41, 5.74) is 2.96. The van der Waals surface area contributed by atoms with Gasteiger partial charge in [0.1, 0.15) is 17.5 Å². The first-order valence-electron chi connectivity index (χ1n) is 6.05. The fourth-order valence-electron chi connectivity index (χ4n) is 1.76. The van der Waals surface area contributed by atoms with Crippen LogP contribution in [0.3, 0.4) is 0 Å². The SMILES string of the molecule is COC(=O)CNc1cc(-c2ccc(C#N)s2)ccc1C. The van der Waals surface area contributed by atoms with E-state index in [0.717, 1.165) is 21.7 Å². The second kappa shape index (κ2) is 6.22. The molecule has 1 N–H and O–H groups in total. The summed E-state index contributed by atoms with van der Waals surface area (Å²) in [6, 6.07) is 11.8. The molecule has 2 aromatic rings. The highest BCUT2D eigenvalue weighted by molar-refractivity contribution is 7.16. The van der Waals surface area contributed by atoms with Crippen molar-refractivity contribution in [1.29, 1.82) is 5.26 Å². The van der Waals surface area contributed by atoms with Crippen molar-refractivity contribution < 1.29 is 9.53 Å². The summed E-state index contributed by atoms with van der Waals surface area (Å²) >= 11 is 1.45. The molecule has 0 aliphatic heterocycles. The summed E-state index contributed by atoms with van der Waals surface area (Å²) in [5.74, 6) is -0.308. The molecule has 0 fully saturated rings. The minimum Gasteiger partial charge on any atom is -0.468 e. The highest BCUT2D eigenvalue weighted by Gasteiger charge is 2.07. The highest BCUT2D eigenvalue weighted by atomic mass is 32.1. The molecule has 0 aliphatic carbocycles. The van der Waals surface area contributed by atoms with Crippen molar-refractivity contribution >= 4 is 23.0 Å². The molecule has 20 heavy (non-hydrogen) atoms. The van der Waals surface area contributed by atoms with Gasteiger partial charge >= 0.3 is 5.97 Å². The van der Waals surface area contributed by atoms with E-state index >= 15 is 0 Å². The molecular weight excluding hydrogens is 272 g/mol. The molecule has 0 aliphatic rings. The quantitative estimate of drug-likeness (QED) is 0.877. The minimum absolute atomic E-state index is 0.134. The van der Waals surface area contributed by atoms with Crippen LogP contribution in [0.1, 0.15) is 10.4 Å². The lowest BCUT2D eigenvalue weighted by Crippen LogP contribution is -2.15. The number of nitrogens with one attached hydrogen (secondary N) is 1. The third-order valence-electron chi connectivity index (χ3n) is 2.89. The van der Waals surface area contributed by atoms with E-state index in [-0.39, 0.29) is 12.5 Å². The van der Waals surface area contributed by atoms with E-state index in [1.165, 1.54) is 18.4 Å². The Morgan fingerprint density at radius 1 is 1.40 bits per heavy atom. The molecule has 5 heteroatoms. The molecule has 1 aromatic heterocycles. The normalized spacial score (nSPS) is 9.85. The number of esters is 1. The van der Waals surface area contributed by atoms with Crippen molar-refractivity contribution in [2.24, 2.45) is 0 Å². The number of carbonyl (C=O) groups excluding carboxylic acids is 1. The van der Waals surface area contributed by atoms with E-state index in [4.69, 9.17) is 5.26 Å². The number of nitrogens with zero attached hydrogens (tertiary/aromatic N) is 1. The van der Waals surface area contributed by atoms with Gasteiger partial charge in [0, 0.05) is 10.6 Å². The Morgan fingerprint density at radius 3 is 2.85 bits per heavy atom. The first kappa shape index (κ1) is 14.1. The Bertz CT molecular complexity index is 671. The molecule has 1 heterocycles. The maximum absolute atomic E-state index is 11.2. The van der Waals surface area contributed by atoms with Crippen molar-refractivity contribution in [3.63, 3.8) is 0 Å². The van der Waals surface area contributed by atoms with Crippen molar-refractivity contribution in [2.75, 3.05) is 19.0 Å². The van der Waals surface area contributed by atoms with Gasteiger partial charge in [0.15, 0.2) is 0 Å². The summed E-state index contributed by atoms with van der Waals surface area (Å²) in [7, 11) is 1.36. The van der Waals surface area contributed by atoms with Crippen LogP contribution in [-0.4, -0.2) is 19.6 Å². The number of hydrogen-bond acceptors (Lipinski definition) is 5. The van der Waals surface area contributed by atoms with Gasteiger partial charge in [-0.05, 0) is 36.2 Å². The zero-order valence-corrected chi connectivity index (χ0v) is 12.1. The van der Waals surface area contributed by atoms with Crippen LogP contribution in [0.25, 0.3) is 10.4 Å². The van der Waals surface area contributed by atoms with Crippen LogP contribution < -0.4 is 5.32 Å². The fraction of sp³-hybridized carbons (Fsp3) is 0.200. The van der Waals surface area contributed by atoms with Crippen LogP contribution in [0.15, 0.2) is 30.3 Å². The first-order chi connectivity index (χ1) is 9.63. The summed E-state index contributed by atoms with van der Waals surface area (Å²) in [6.45, 7) is 2.10. The van der Waals surface area contributed by atoms with Crippen LogP contribution >= 0.6 is 11.3 Å². The summed E-state index contributed by atoms with van der Waals surface area (Å²) < 4.78 is 4.61. The molecule has 0 atom stereocenters. The van der Waals surface area contributed by atoms with Crippen molar-refractivity contribution in [3.8, 4) is 16.5 Å². The molecule has 0 radical (unpaired) electrons. The molecule has 4 nitrogen and oxygen atoms in total. The van der Waals surface area contributed by atoms with Gasteiger partial charge in [-0.1, -0.05) is 12.1 Å². The van der Waals surface area contributed by atoms with E-state index in [9.17, 15) is 4.79 Å². The van der Waals surface area contributed by atoms with Crippen LogP contribution in [0, 0.1) is 18.3 Å². The third-order valence-corrected chi connectivity index (χ3v) is 3.93. The van der Waals surface area contributed by atoms with Gasteiger partial charge in [-0.25, -0.2) is 0 Å². The largest absolute Gasteiger partial charge is 0.468 e. The van der Waals surface area contributed by atoms with Crippen molar-refractivity contribution in [1.82, 2.24) is 0 Å². The van der Waals surface area contributed by atoms with Crippen molar-refractivity contribution in [2.45, 2.75) is 6.92 Å². The number of rotatable bonds is 4. The number of hydrogen-bond donors (Lipinski definition) is 1. The maximum Gasteiger partial charge on any atom is 0.325 e. The van der Waals surface area contributed by atoms with E-state index < -0.39 is 0 Å². The molecule has 1 aromatic carbocycles. The van der Waals surface area contributed by atoms with E-state index in [2.05, 4.69) is 16.1 Å². The lowest BCUT2D eigenvalue weighted by Gasteiger charge is -2.10. The number of carbonyl (C=O) groups is 1. The molecule has 0 saturated carbocycles. The summed E-state index contributed by atoms with van der Waals surface area (Å²) in [6.07, 6.45) is 0. The number of nitriles is 1. The Hall–Kier alpha value is -2.32. The second-order valence-electron chi connectivity index (χ2n) is 4.24. The fourth-order valence-corrected chi connectivity index (χ4v) is 2.56.